The van der Waals surface area contributed by atoms with Crippen LogP contribution in [0.3, 0.4) is 0 Å². The number of anilines is 1. The third kappa shape index (κ3) is 3.37. The van der Waals surface area contributed by atoms with Crippen LogP contribution in [0.25, 0.3) is 0 Å². The van der Waals surface area contributed by atoms with E-state index in [0.29, 0.717) is 11.6 Å². The molecular weight excluding hydrogens is 240 g/mol. The number of aromatic nitrogens is 1. The standard InChI is InChI=1S/C15H18N2O2/c1-18-12-6-3-11(4-7-12)5-9-14-13(16)8-10-15(17-14)19-2/h3-4,6-8,10H,5,9,16H2,1-2H3. The SMILES string of the molecule is COc1ccc(CCc2nc(OC)ccc2N)cc1. The first-order valence-electron chi connectivity index (χ1n) is 6.15. The van der Waals surface area contributed by atoms with Crippen LogP contribution < -0.4 is 15.2 Å². The zero-order valence-electron chi connectivity index (χ0n) is 11.2. The number of rotatable bonds is 5. The third-order valence-corrected chi connectivity index (χ3v) is 3.00. The highest BCUT2D eigenvalue weighted by molar-refractivity contribution is 5.45. The highest BCUT2D eigenvalue weighted by Gasteiger charge is 2.04. The summed E-state index contributed by atoms with van der Waals surface area (Å²) in [4.78, 5) is 4.37. The van der Waals surface area contributed by atoms with E-state index in [2.05, 4.69) is 17.1 Å². The fraction of sp³-hybridized carbons (Fsp3) is 0.267. The maximum Gasteiger partial charge on any atom is 0.213 e. The Morgan fingerprint density at radius 1 is 0.947 bits per heavy atom. The van der Waals surface area contributed by atoms with Gasteiger partial charge in [-0.15, -0.1) is 0 Å². The summed E-state index contributed by atoms with van der Waals surface area (Å²) >= 11 is 0. The largest absolute Gasteiger partial charge is 0.497 e. The summed E-state index contributed by atoms with van der Waals surface area (Å²) in [7, 11) is 3.27. The van der Waals surface area contributed by atoms with Crippen molar-refractivity contribution in [3.05, 3.63) is 47.7 Å². The molecule has 0 bridgehead atoms. The Kier molecular flexibility index (Phi) is 4.23. The van der Waals surface area contributed by atoms with Gasteiger partial charge in [-0.05, 0) is 36.6 Å². The molecule has 100 valence electrons. The average molecular weight is 258 g/mol. The molecule has 0 saturated carbocycles. The molecule has 0 radical (unpaired) electrons. The zero-order valence-corrected chi connectivity index (χ0v) is 11.2. The Morgan fingerprint density at radius 3 is 2.32 bits per heavy atom. The monoisotopic (exact) mass is 258 g/mol. The van der Waals surface area contributed by atoms with Gasteiger partial charge in [0.15, 0.2) is 0 Å². The smallest absolute Gasteiger partial charge is 0.213 e. The summed E-state index contributed by atoms with van der Waals surface area (Å²) in [6.07, 6.45) is 1.67. The minimum absolute atomic E-state index is 0.596. The molecule has 0 saturated heterocycles. The quantitative estimate of drug-likeness (QED) is 0.895. The molecular formula is C15H18N2O2. The van der Waals surface area contributed by atoms with Crippen LogP contribution in [0.5, 0.6) is 11.6 Å². The van der Waals surface area contributed by atoms with Gasteiger partial charge in [0, 0.05) is 6.07 Å². The number of ether oxygens (including phenoxy) is 2. The van der Waals surface area contributed by atoms with Crippen molar-refractivity contribution >= 4 is 5.69 Å². The van der Waals surface area contributed by atoms with Crippen LogP contribution in [0.1, 0.15) is 11.3 Å². The first kappa shape index (κ1) is 13.2. The Labute approximate surface area is 113 Å². The highest BCUT2D eigenvalue weighted by atomic mass is 16.5. The number of nitrogens with zero attached hydrogens (tertiary/aromatic N) is 1. The molecule has 1 aromatic carbocycles. The molecule has 1 heterocycles. The lowest BCUT2D eigenvalue weighted by Crippen LogP contribution is -2.02. The van der Waals surface area contributed by atoms with Crippen LogP contribution in [0, 0.1) is 0 Å². The molecule has 4 heteroatoms. The van der Waals surface area contributed by atoms with Gasteiger partial charge in [-0.3, -0.25) is 0 Å². The maximum atomic E-state index is 5.92. The number of methoxy groups -OCH3 is 2. The Morgan fingerprint density at radius 2 is 1.68 bits per heavy atom. The Hall–Kier alpha value is -2.23. The summed E-state index contributed by atoms with van der Waals surface area (Å²) in [5.41, 5.74) is 8.72. The molecule has 0 aliphatic rings. The van der Waals surface area contributed by atoms with Crippen molar-refractivity contribution in [2.24, 2.45) is 0 Å². The van der Waals surface area contributed by atoms with Crippen molar-refractivity contribution in [1.29, 1.82) is 0 Å². The van der Waals surface area contributed by atoms with Gasteiger partial charge in [0.2, 0.25) is 5.88 Å². The van der Waals surface area contributed by atoms with E-state index >= 15 is 0 Å². The van der Waals surface area contributed by atoms with Gasteiger partial charge in [0.1, 0.15) is 5.75 Å². The van der Waals surface area contributed by atoms with E-state index in [-0.39, 0.29) is 0 Å². The van der Waals surface area contributed by atoms with E-state index in [1.165, 1.54) is 5.56 Å². The van der Waals surface area contributed by atoms with Gasteiger partial charge in [-0.1, -0.05) is 12.1 Å². The number of nitrogen functional groups attached to an aromatic ring is 1. The van der Waals surface area contributed by atoms with Gasteiger partial charge in [-0.2, -0.15) is 0 Å². The number of aryl methyl sites for hydroxylation is 2. The van der Waals surface area contributed by atoms with Gasteiger partial charge in [0.05, 0.1) is 25.6 Å². The molecule has 0 spiro atoms. The summed E-state index contributed by atoms with van der Waals surface area (Å²) < 4.78 is 10.2. The molecule has 19 heavy (non-hydrogen) atoms. The van der Waals surface area contributed by atoms with Crippen LogP contribution in [-0.4, -0.2) is 19.2 Å². The highest BCUT2D eigenvalue weighted by Crippen LogP contribution is 2.18. The van der Waals surface area contributed by atoms with Gasteiger partial charge < -0.3 is 15.2 Å². The number of hydrogen-bond donors (Lipinski definition) is 1. The fourth-order valence-corrected chi connectivity index (χ4v) is 1.86. The van der Waals surface area contributed by atoms with Crippen LogP contribution >= 0.6 is 0 Å². The lowest BCUT2D eigenvalue weighted by molar-refractivity contribution is 0.396. The van der Waals surface area contributed by atoms with Crippen molar-refractivity contribution in [1.82, 2.24) is 4.98 Å². The van der Waals surface area contributed by atoms with Crippen LogP contribution in [0.4, 0.5) is 5.69 Å². The molecule has 1 aromatic heterocycles. The van der Waals surface area contributed by atoms with E-state index in [9.17, 15) is 0 Å². The molecule has 2 aromatic rings. The van der Waals surface area contributed by atoms with E-state index in [1.54, 1.807) is 20.3 Å². The lowest BCUT2D eigenvalue weighted by Gasteiger charge is -2.07. The normalized spacial score (nSPS) is 10.2. The first-order chi connectivity index (χ1) is 9.22. The van der Waals surface area contributed by atoms with E-state index in [1.807, 2.05) is 18.2 Å². The number of pyridine rings is 1. The summed E-state index contributed by atoms with van der Waals surface area (Å²) in [6, 6.07) is 11.6. The van der Waals surface area contributed by atoms with Crippen LogP contribution in [0.2, 0.25) is 0 Å². The minimum atomic E-state index is 0.596. The van der Waals surface area contributed by atoms with Crippen molar-refractivity contribution < 1.29 is 9.47 Å². The topological polar surface area (TPSA) is 57.4 Å². The zero-order chi connectivity index (χ0) is 13.7. The number of hydrogen-bond acceptors (Lipinski definition) is 4. The van der Waals surface area contributed by atoms with Gasteiger partial charge >= 0.3 is 0 Å². The number of nitrogens with two attached hydrogens (primary N) is 1. The van der Waals surface area contributed by atoms with Crippen molar-refractivity contribution in [2.75, 3.05) is 20.0 Å². The van der Waals surface area contributed by atoms with Crippen molar-refractivity contribution in [3.8, 4) is 11.6 Å². The predicted molar refractivity (Wildman–Crippen MR) is 75.6 cm³/mol. The molecule has 0 atom stereocenters. The predicted octanol–water partition coefficient (Wildman–Crippen LogP) is 2.47. The first-order valence-corrected chi connectivity index (χ1v) is 6.15. The minimum Gasteiger partial charge on any atom is -0.497 e. The molecule has 0 amide bonds. The molecule has 0 unspecified atom stereocenters. The van der Waals surface area contributed by atoms with E-state index < -0.39 is 0 Å². The Balaban J connectivity index is 2.05. The second kappa shape index (κ2) is 6.09. The van der Waals surface area contributed by atoms with E-state index in [4.69, 9.17) is 15.2 Å². The van der Waals surface area contributed by atoms with Crippen LogP contribution in [-0.2, 0) is 12.8 Å². The second-order valence-electron chi connectivity index (χ2n) is 4.24. The van der Waals surface area contributed by atoms with Gasteiger partial charge in [0.25, 0.3) is 0 Å². The molecule has 4 nitrogen and oxygen atoms in total. The lowest BCUT2D eigenvalue weighted by atomic mass is 10.1. The third-order valence-electron chi connectivity index (χ3n) is 3.00. The van der Waals surface area contributed by atoms with Crippen molar-refractivity contribution in [2.45, 2.75) is 12.8 Å². The number of benzene rings is 1. The fourth-order valence-electron chi connectivity index (χ4n) is 1.86. The van der Waals surface area contributed by atoms with E-state index in [0.717, 1.165) is 24.3 Å². The molecule has 0 aliphatic carbocycles. The summed E-state index contributed by atoms with van der Waals surface area (Å²) in [5, 5.41) is 0. The van der Waals surface area contributed by atoms with Gasteiger partial charge in [-0.25, -0.2) is 4.98 Å². The summed E-state index contributed by atoms with van der Waals surface area (Å²) in [5.74, 6) is 1.46. The second-order valence-corrected chi connectivity index (χ2v) is 4.24. The molecule has 2 rings (SSSR count). The van der Waals surface area contributed by atoms with Crippen LogP contribution in [0.15, 0.2) is 36.4 Å². The maximum absolute atomic E-state index is 5.92. The molecule has 0 fully saturated rings. The average Bonchev–Trinajstić information content (AvgIpc) is 2.47. The molecule has 2 N–H and O–H groups in total. The van der Waals surface area contributed by atoms with Crippen molar-refractivity contribution in [3.63, 3.8) is 0 Å². The summed E-state index contributed by atoms with van der Waals surface area (Å²) in [6.45, 7) is 0. The Bertz CT molecular complexity index is 538. The molecule has 0 aliphatic heterocycles.